The molecule has 0 aliphatic carbocycles. The zero-order chi connectivity index (χ0) is 24.9. The predicted molar refractivity (Wildman–Crippen MR) is 143 cm³/mol. The lowest BCUT2D eigenvalue weighted by molar-refractivity contribution is -0.112. The molecule has 174 valence electrons. The molecule has 0 heterocycles. The Kier molecular flexibility index (Phi) is 7.41. The molecule has 35 heavy (non-hydrogen) atoms. The third kappa shape index (κ3) is 5.84. The van der Waals surface area contributed by atoms with Crippen LogP contribution >= 0.6 is 23.2 Å². The van der Waals surface area contributed by atoms with Gasteiger partial charge in [-0.25, -0.2) is 0 Å². The second kappa shape index (κ2) is 10.7. The fraction of sp³-hybridized carbons (Fsp3) is 0.103. The molecule has 4 aromatic rings. The summed E-state index contributed by atoms with van der Waals surface area (Å²) in [5, 5.41) is 15.5. The minimum atomic E-state index is -0.460. The number of aryl methyl sites for hydroxylation is 2. The van der Waals surface area contributed by atoms with Gasteiger partial charge in [0.1, 0.15) is 24.0 Å². The van der Waals surface area contributed by atoms with E-state index in [0.29, 0.717) is 22.3 Å². The highest BCUT2D eigenvalue weighted by atomic mass is 35.5. The zero-order valence-corrected chi connectivity index (χ0v) is 20.7. The summed E-state index contributed by atoms with van der Waals surface area (Å²) in [4.78, 5) is 12.8. The van der Waals surface area contributed by atoms with Gasteiger partial charge < -0.3 is 10.1 Å². The van der Waals surface area contributed by atoms with Crippen LogP contribution in [0.1, 0.15) is 22.3 Å². The van der Waals surface area contributed by atoms with Crippen LogP contribution in [0.25, 0.3) is 16.8 Å². The molecule has 6 heteroatoms. The number of amides is 1. The maximum absolute atomic E-state index is 12.8. The number of rotatable bonds is 6. The molecule has 1 amide bonds. The molecule has 0 saturated heterocycles. The number of hydrogen-bond donors (Lipinski definition) is 1. The van der Waals surface area contributed by atoms with Gasteiger partial charge in [0.2, 0.25) is 0 Å². The van der Waals surface area contributed by atoms with Gasteiger partial charge in [-0.15, -0.1) is 0 Å². The van der Waals surface area contributed by atoms with Crippen LogP contribution in [-0.4, -0.2) is 5.91 Å². The Morgan fingerprint density at radius 3 is 2.34 bits per heavy atom. The van der Waals surface area contributed by atoms with E-state index >= 15 is 0 Å². The van der Waals surface area contributed by atoms with E-state index in [1.165, 1.54) is 0 Å². The molecule has 0 bridgehead atoms. The molecule has 0 aromatic heterocycles. The van der Waals surface area contributed by atoms with Crippen molar-refractivity contribution in [3.63, 3.8) is 0 Å². The van der Waals surface area contributed by atoms with Gasteiger partial charge in [-0.3, -0.25) is 4.79 Å². The molecule has 0 fully saturated rings. The number of ether oxygens (including phenoxy) is 1. The quantitative estimate of drug-likeness (QED) is 0.216. The Morgan fingerprint density at radius 2 is 1.66 bits per heavy atom. The summed E-state index contributed by atoms with van der Waals surface area (Å²) in [6.45, 7) is 4.19. The highest BCUT2D eigenvalue weighted by molar-refractivity contribution is 6.42. The van der Waals surface area contributed by atoms with Gasteiger partial charge in [-0.2, -0.15) is 5.26 Å². The van der Waals surface area contributed by atoms with Gasteiger partial charge in [0.15, 0.2) is 0 Å². The first-order valence-electron chi connectivity index (χ1n) is 10.9. The average Bonchev–Trinajstić information content (AvgIpc) is 2.84. The maximum Gasteiger partial charge on any atom is 0.266 e. The molecule has 4 aromatic carbocycles. The Hall–Kier alpha value is -3.78. The van der Waals surface area contributed by atoms with E-state index in [4.69, 9.17) is 27.9 Å². The lowest BCUT2D eigenvalue weighted by Gasteiger charge is -2.14. The topological polar surface area (TPSA) is 62.1 Å². The minimum absolute atomic E-state index is 0.0152. The Morgan fingerprint density at radius 1 is 0.943 bits per heavy atom. The number of carbonyl (C=O) groups excluding carboxylic acids is 1. The van der Waals surface area contributed by atoms with E-state index in [-0.39, 0.29) is 5.57 Å². The van der Waals surface area contributed by atoms with Gasteiger partial charge in [-0.1, -0.05) is 59.6 Å². The van der Waals surface area contributed by atoms with Crippen molar-refractivity contribution in [3.05, 3.63) is 111 Å². The zero-order valence-electron chi connectivity index (χ0n) is 19.2. The molecule has 0 saturated carbocycles. The van der Waals surface area contributed by atoms with E-state index in [9.17, 15) is 10.1 Å². The highest BCUT2D eigenvalue weighted by Gasteiger charge is 2.12. The van der Waals surface area contributed by atoms with E-state index in [1.54, 1.807) is 18.2 Å². The second-order valence-electron chi connectivity index (χ2n) is 8.21. The normalized spacial score (nSPS) is 11.2. The van der Waals surface area contributed by atoms with E-state index in [0.717, 1.165) is 38.8 Å². The lowest BCUT2D eigenvalue weighted by atomic mass is 10.0. The smallest absolute Gasteiger partial charge is 0.266 e. The average molecular weight is 501 g/mol. The molecule has 1 N–H and O–H groups in total. The number of nitrogens with zero attached hydrogens (tertiary/aromatic N) is 1. The molecular weight excluding hydrogens is 479 g/mol. The molecular formula is C29H22Cl2N2O2. The Balaban J connectivity index is 1.51. The first-order chi connectivity index (χ1) is 16.8. The Labute approximate surface area is 214 Å². The summed E-state index contributed by atoms with van der Waals surface area (Å²) in [5.74, 6) is 0.283. The molecule has 0 atom stereocenters. The number of anilines is 1. The van der Waals surface area contributed by atoms with Gasteiger partial charge in [0.05, 0.1) is 10.0 Å². The van der Waals surface area contributed by atoms with Crippen LogP contribution < -0.4 is 10.1 Å². The van der Waals surface area contributed by atoms with E-state index in [2.05, 4.69) is 5.32 Å². The van der Waals surface area contributed by atoms with Crippen LogP contribution in [-0.2, 0) is 11.4 Å². The first-order valence-corrected chi connectivity index (χ1v) is 11.7. The lowest BCUT2D eigenvalue weighted by Crippen LogP contribution is -2.13. The van der Waals surface area contributed by atoms with Crippen LogP contribution in [0.5, 0.6) is 5.75 Å². The van der Waals surface area contributed by atoms with Crippen molar-refractivity contribution in [1.82, 2.24) is 0 Å². The molecule has 0 aliphatic rings. The van der Waals surface area contributed by atoms with Crippen molar-refractivity contribution in [1.29, 1.82) is 5.26 Å². The third-order valence-corrected chi connectivity index (χ3v) is 6.27. The van der Waals surface area contributed by atoms with Crippen LogP contribution in [0.2, 0.25) is 10.0 Å². The first kappa shape index (κ1) is 24.3. The third-order valence-electron chi connectivity index (χ3n) is 5.53. The summed E-state index contributed by atoms with van der Waals surface area (Å²) in [5.41, 5.74) is 4.08. The van der Waals surface area contributed by atoms with Crippen molar-refractivity contribution in [2.45, 2.75) is 20.5 Å². The van der Waals surface area contributed by atoms with Gasteiger partial charge >= 0.3 is 0 Å². The van der Waals surface area contributed by atoms with Crippen LogP contribution in [0.3, 0.4) is 0 Å². The predicted octanol–water partition coefficient (Wildman–Crippen LogP) is 7.89. The molecule has 0 radical (unpaired) electrons. The van der Waals surface area contributed by atoms with Crippen LogP contribution in [0, 0.1) is 25.2 Å². The number of halogens is 2. The SMILES string of the molecule is Cc1cc(/C=C(\C#N)C(=O)Nc2ccc3ccccc3c2)cc(C)c1OCc1ccc(Cl)c(Cl)c1. The van der Waals surface area contributed by atoms with Gasteiger partial charge in [0, 0.05) is 5.69 Å². The summed E-state index contributed by atoms with van der Waals surface area (Å²) in [6.07, 6.45) is 1.58. The van der Waals surface area contributed by atoms with Crippen molar-refractivity contribution >= 4 is 51.6 Å². The largest absolute Gasteiger partial charge is 0.488 e. The second-order valence-corrected chi connectivity index (χ2v) is 9.02. The highest BCUT2D eigenvalue weighted by Crippen LogP contribution is 2.28. The van der Waals surface area contributed by atoms with Crippen molar-refractivity contribution in [2.75, 3.05) is 5.32 Å². The van der Waals surface area contributed by atoms with Gasteiger partial charge in [-0.05, 0) is 89.3 Å². The van der Waals surface area contributed by atoms with Crippen LogP contribution in [0.15, 0.2) is 78.4 Å². The number of hydrogen-bond acceptors (Lipinski definition) is 3. The monoisotopic (exact) mass is 500 g/mol. The number of benzene rings is 4. The summed E-state index contributed by atoms with van der Waals surface area (Å²) in [6, 6.07) is 24.7. The standard InChI is InChI=1S/C29H22Cl2N2O2/c1-18-11-21(12-19(2)28(18)35-17-20-7-10-26(30)27(31)14-20)13-24(16-32)29(34)33-25-9-8-22-5-3-4-6-23(22)15-25/h3-15H,17H2,1-2H3,(H,33,34)/b24-13+. The summed E-state index contributed by atoms with van der Waals surface area (Å²) in [7, 11) is 0. The van der Waals surface area contributed by atoms with Crippen molar-refractivity contribution in [3.8, 4) is 11.8 Å². The summed E-state index contributed by atoms with van der Waals surface area (Å²) < 4.78 is 6.03. The maximum atomic E-state index is 12.8. The summed E-state index contributed by atoms with van der Waals surface area (Å²) >= 11 is 12.1. The number of nitriles is 1. The Bertz CT molecular complexity index is 1480. The molecule has 4 rings (SSSR count). The van der Waals surface area contributed by atoms with E-state index in [1.807, 2.05) is 80.6 Å². The van der Waals surface area contributed by atoms with Crippen molar-refractivity contribution in [2.24, 2.45) is 0 Å². The number of nitrogens with one attached hydrogen (secondary N) is 1. The fourth-order valence-electron chi connectivity index (χ4n) is 3.86. The molecule has 0 aliphatic heterocycles. The van der Waals surface area contributed by atoms with Crippen molar-refractivity contribution < 1.29 is 9.53 Å². The minimum Gasteiger partial charge on any atom is -0.488 e. The molecule has 0 unspecified atom stereocenters. The molecule has 0 spiro atoms. The molecule has 4 nitrogen and oxygen atoms in total. The van der Waals surface area contributed by atoms with Gasteiger partial charge in [0.25, 0.3) is 5.91 Å². The fourth-order valence-corrected chi connectivity index (χ4v) is 4.18. The number of carbonyl (C=O) groups is 1. The van der Waals surface area contributed by atoms with Crippen LogP contribution in [0.4, 0.5) is 5.69 Å². The van der Waals surface area contributed by atoms with E-state index < -0.39 is 5.91 Å². The number of fused-ring (bicyclic) bond motifs is 1.